The lowest BCUT2D eigenvalue weighted by molar-refractivity contribution is 0.102. The number of aromatic nitrogens is 1. The van der Waals surface area contributed by atoms with Crippen LogP contribution in [-0.2, 0) is 23.0 Å². The van der Waals surface area contributed by atoms with Crippen molar-refractivity contribution < 1.29 is 13.2 Å². The van der Waals surface area contributed by atoms with E-state index < -0.39 is 15.9 Å². The highest BCUT2D eigenvalue weighted by molar-refractivity contribution is 7.90. The molecular formula is C16H15Cl2N3O3S2. The number of anilines is 1. The van der Waals surface area contributed by atoms with E-state index in [2.05, 4.69) is 10.3 Å². The van der Waals surface area contributed by atoms with Crippen LogP contribution in [0.5, 0.6) is 0 Å². The van der Waals surface area contributed by atoms with Crippen molar-refractivity contribution in [3.8, 4) is 0 Å². The number of sulfonamides is 1. The van der Waals surface area contributed by atoms with Gasteiger partial charge in [-0.25, -0.2) is 13.4 Å². The maximum absolute atomic E-state index is 12.4. The van der Waals surface area contributed by atoms with Crippen molar-refractivity contribution in [3.05, 3.63) is 44.4 Å². The van der Waals surface area contributed by atoms with E-state index in [1.165, 1.54) is 21.7 Å². The molecule has 2 aliphatic rings. The molecule has 10 heteroatoms. The maximum Gasteiger partial charge on any atom is 0.259 e. The van der Waals surface area contributed by atoms with Gasteiger partial charge in [0.15, 0.2) is 5.13 Å². The Kier molecular flexibility index (Phi) is 4.73. The number of fused-ring (bicyclic) bond motifs is 1. The van der Waals surface area contributed by atoms with Crippen LogP contribution in [0.2, 0.25) is 10.0 Å². The molecule has 2 aromatic rings. The minimum atomic E-state index is -3.21. The predicted octanol–water partition coefficient (Wildman–Crippen LogP) is 3.55. The Morgan fingerprint density at radius 2 is 2.08 bits per heavy atom. The van der Waals surface area contributed by atoms with E-state index >= 15 is 0 Å². The Morgan fingerprint density at radius 3 is 2.81 bits per heavy atom. The molecule has 0 saturated heterocycles. The zero-order valence-electron chi connectivity index (χ0n) is 13.5. The molecule has 1 fully saturated rings. The fraction of sp³-hybridized carbons (Fsp3) is 0.375. The van der Waals surface area contributed by atoms with Crippen molar-refractivity contribution in [2.24, 2.45) is 0 Å². The molecule has 1 aliphatic carbocycles. The van der Waals surface area contributed by atoms with Crippen molar-refractivity contribution >= 4 is 55.6 Å². The zero-order valence-corrected chi connectivity index (χ0v) is 16.7. The number of hydrogen-bond acceptors (Lipinski definition) is 5. The average molecular weight is 432 g/mol. The second-order valence-electron chi connectivity index (χ2n) is 6.30. The first kappa shape index (κ1) is 18.2. The Labute approximate surface area is 165 Å². The summed E-state index contributed by atoms with van der Waals surface area (Å²) in [5.74, 6) is -0.397. The van der Waals surface area contributed by atoms with E-state index in [9.17, 15) is 13.2 Å². The number of benzene rings is 1. The molecule has 0 unspecified atom stereocenters. The molecule has 6 nitrogen and oxygen atoms in total. The summed E-state index contributed by atoms with van der Waals surface area (Å²) >= 11 is 13.3. The molecule has 138 valence electrons. The summed E-state index contributed by atoms with van der Waals surface area (Å²) in [6, 6.07) is 4.67. The normalized spacial score (nSPS) is 17.8. The highest BCUT2D eigenvalue weighted by atomic mass is 35.5. The Balaban J connectivity index is 1.51. The first-order chi connectivity index (χ1) is 12.3. The SMILES string of the molecule is O=C(Nc1nc2c(s1)CN(S(=O)(=O)C1CC1)CC2)c1cc(Cl)ccc1Cl. The number of carbonyl (C=O) groups is 1. The van der Waals surface area contributed by atoms with E-state index in [1.807, 2.05) is 0 Å². The number of rotatable bonds is 4. The number of amides is 1. The highest BCUT2D eigenvalue weighted by Crippen LogP contribution is 2.36. The Morgan fingerprint density at radius 1 is 1.31 bits per heavy atom. The van der Waals surface area contributed by atoms with Gasteiger partial charge in [0.25, 0.3) is 5.91 Å². The van der Waals surface area contributed by atoms with Crippen LogP contribution in [0.4, 0.5) is 5.13 Å². The van der Waals surface area contributed by atoms with Crippen LogP contribution in [0.25, 0.3) is 0 Å². The summed E-state index contributed by atoms with van der Waals surface area (Å²) in [5, 5.41) is 3.66. The van der Waals surface area contributed by atoms with Gasteiger partial charge in [-0.15, -0.1) is 11.3 Å². The van der Waals surface area contributed by atoms with Gasteiger partial charge in [-0.3, -0.25) is 10.1 Å². The van der Waals surface area contributed by atoms with Gasteiger partial charge in [0.1, 0.15) is 0 Å². The third-order valence-corrected chi connectivity index (χ3v) is 8.30. The topological polar surface area (TPSA) is 79.4 Å². The first-order valence-corrected chi connectivity index (χ1v) is 11.2. The number of carbonyl (C=O) groups excluding carboxylic acids is 1. The lowest BCUT2D eigenvalue weighted by Gasteiger charge is -2.25. The molecule has 0 bridgehead atoms. The van der Waals surface area contributed by atoms with Crippen LogP contribution in [-0.4, -0.2) is 35.4 Å². The number of thiazole rings is 1. The number of nitrogens with one attached hydrogen (secondary N) is 1. The first-order valence-electron chi connectivity index (χ1n) is 8.08. The molecule has 0 atom stereocenters. The van der Waals surface area contributed by atoms with Gasteiger partial charge in [0, 0.05) is 29.4 Å². The van der Waals surface area contributed by atoms with Crippen molar-refractivity contribution in [2.75, 3.05) is 11.9 Å². The van der Waals surface area contributed by atoms with Gasteiger partial charge in [-0.05, 0) is 31.0 Å². The molecule has 4 rings (SSSR count). The molecule has 0 spiro atoms. The lowest BCUT2D eigenvalue weighted by atomic mass is 10.2. The van der Waals surface area contributed by atoms with Crippen molar-refractivity contribution in [3.63, 3.8) is 0 Å². The molecule has 2 heterocycles. The van der Waals surface area contributed by atoms with E-state index in [0.29, 0.717) is 34.7 Å². The third-order valence-electron chi connectivity index (χ3n) is 4.40. The fourth-order valence-electron chi connectivity index (χ4n) is 2.86. The number of nitrogens with zero attached hydrogens (tertiary/aromatic N) is 2. The molecular weight excluding hydrogens is 417 g/mol. The van der Waals surface area contributed by atoms with Crippen LogP contribution in [0, 0.1) is 0 Å². The van der Waals surface area contributed by atoms with E-state index in [0.717, 1.165) is 23.4 Å². The fourth-order valence-corrected chi connectivity index (χ4v) is 6.14. The molecule has 1 aromatic heterocycles. The molecule has 1 amide bonds. The van der Waals surface area contributed by atoms with E-state index in [-0.39, 0.29) is 10.8 Å². The van der Waals surface area contributed by atoms with Gasteiger partial charge >= 0.3 is 0 Å². The smallest absolute Gasteiger partial charge is 0.259 e. The van der Waals surface area contributed by atoms with Crippen molar-refractivity contribution in [2.45, 2.75) is 31.1 Å². The number of halogens is 2. The molecule has 1 aliphatic heterocycles. The predicted molar refractivity (Wildman–Crippen MR) is 103 cm³/mol. The van der Waals surface area contributed by atoms with Gasteiger partial charge < -0.3 is 0 Å². The van der Waals surface area contributed by atoms with Gasteiger partial charge in [0.05, 0.1) is 21.5 Å². The minimum Gasteiger partial charge on any atom is -0.298 e. The largest absolute Gasteiger partial charge is 0.298 e. The molecule has 26 heavy (non-hydrogen) atoms. The standard InChI is InChI=1S/C16H15Cl2N3O3S2/c17-9-1-4-12(18)11(7-9)15(22)20-16-19-13-5-6-21(8-14(13)25-16)26(23,24)10-2-3-10/h1,4,7,10H,2-3,5-6,8H2,(H,19,20,22). The minimum absolute atomic E-state index is 0.221. The van der Waals surface area contributed by atoms with Crippen LogP contribution in [0.1, 0.15) is 33.8 Å². The summed E-state index contributed by atoms with van der Waals surface area (Å²) in [4.78, 5) is 17.7. The zero-order chi connectivity index (χ0) is 18.5. The van der Waals surface area contributed by atoms with E-state index in [1.54, 1.807) is 12.1 Å². The summed E-state index contributed by atoms with van der Waals surface area (Å²) in [6.07, 6.45) is 2.04. The average Bonchev–Trinajstić information content (AvgIpc) is 3.38. The summed E-state index contributed by atoms with van der Waals surface area (Å²) in [5.41, 5.74) is 1.11. The maximum atomic E-state index is 12.4. The summed E-state index contributed by atoms with van der Waals surface area (Å²) in [6.45, 7) is 0.753. The third kappa shape index (κ3) is 3.48. The van der Waals surface area contributed by atoms with Gasteiger partial charge in [-0.2, -0.15) is 4.31 Å². The van der Waals surface area contributed by atoms with Crippen molar-refractivity contribution in [1.29, 1.82) is 0 Å². The second-order valence-corrected chi connectivity index (χ2v) is 10.4. The molecule has 1 aromatic carbocycles. The summed E-state index contributed by atoms with van der Waals surface area (Å²) in [7, 11) is -3.21. The van der Waals surface area contributed by atoms with Crippen LogP contribution in [0.15, 0.2) is 18.2 Å². The molecule has 0 radical (unpaired) electrons. The van der Waals surface area contributed by atoms with Crippen molar-refractivity contribution in [1.82, 2.24) is 9.29 Å². The highest BCUT2D eigenvalue weighted by Gasteiger charge is 2.41. The Bertz CT molecular complexity index is 987. The van der Waals surface area contributed by atoms with Gasteiger partial charge in [0.2, 0.25) is 10.0 Å². The number of hydrogen-bond donors (Lipinski definition) is 1. The lowest BCUT2D eigenvalue weighted by Crippen LogP contribution is -2.37. The monoisotopic (exact) mass is 431 g/mol. The van der Waals surface area contributed by atoms with Crippen LogP contribution < -0.4 is 5.32 Å². The van der Waals surface area contributed by atoms with Crippen LogP contribution >= 0.6 is 34.5 Å². The molecule has 1 saturated carbocycles. The quantitative estimate of drug-likeness (QED) is 0.802. The van der Waals surface area contributed by atoms with E-state index in [4.69, 9.17) is 23.2 Å². The van der Waals surface area contributed by atoms with Gasteiger partial charge in [-0.1, -0.05) is 23.2 Å². The summed E-state index contributed by atoms with van der Waals surface area (Å²) < 4.78 is 26.4. The molecule has 1 N–H and O–H groups in total. The Hall–Kier alpha value is -1.19. The second kappa shape index (κ2) is 6.76. The van der Waals surface area contributed by atoms with Crippen LogP contribution in [0.3, 0.4) is 0 Å².